The largest absolute Gasteiger partial charge is 0.497 e. The van der Waals surface area contributed by atoms with E-state index in [1.807, 2.05) is 6.92 Å². The molecule has 0 aromatic heterocycles. The summed E-state index contributed by atoms with van der Waals surface area (Å²) in [6.07, 6.45) is 0.830. The molecule has 1 aromatic carbocycles. The number of rotatable bonds is 5. The second kappa shape index (κ2) is 5.24. The lowest BCUT2D eigenvalue weighted by Crippen LogP contribution is -2.04. The van der Waals surface area contributed by atoms with Crippen molar-refractivity contribution in [3.63, 3.8) is 0 Å². The molecule has 1 aromatic rings. The molecule has 0 saturated heterocycles. The zero-order chi connectivity index (χ0) is 11.3. The summed E-state index contributed by atoms with van der Waals surface area (Å²) in [6.45, 7) is 2.45. The standard InChI is InChI=1S/C11H14O4/c1-3-6-15-10-7-8(14-2)4-5-9(10)11(12)13/h4-5,7H,3,6H2,1-2H3,(H,12,13). The minimum Gasteiger partial charge on any atom is -0.497 e. The Bertz CT molecular complexity index is 346. The number of benzene rings is 1. The molecule has 0 aliphatic heterocycles. The van der Waals surface area contributed by atoms with Crippen molar-refractivity contribution in [1.29, 1.82) is 0 Å². The van der Waals surface area contributed by atoms with Crippen LogP contribution >= 0.6 is 0 Å². The maximum Gasteiger partial charge on any atom is 0.339 e. The monoisotopic (exact) mass is 210 g/mol. The number of hydrogen-bond acceptors (Lipinski definition) is 3. The maximum atomic E-state index is 10.9. The molecule has 0 fully saturated rings. The van der Waals surface area contributed by atoms with Gasteiger partial charge in [0.25, 0.3) is 0 Å². The van der Waals surface area contributed by atoms with Gasteiger partial charge < -0.3 is 14.6 Å². The molecule has 0 amide bonds. The molecule has 0 radical (unpaired) electrons. The van der Waals surface area contributed by atoms with Crippen LogP contribution in [-0.2, 0) is 0 Å². The fourth-order valence-electron chi connectivity index (χ4n) is 1.14. The van der Waals surface area contributed by atoms with Gasteiger partial charge in [0.2, 0.25) is 0 Å². The van der Waals surface area contributed by atoms with Gasteiger partial charge >= 0.3 is 5.97 Å². The minimum atomic E-state index is -0.997. The second-order valence-corrected chi connectivity index (χ2v) is 3.02. The summed E-state index contributed by atoms with van der Waals surface area (Å²) in [4.78, 5) is 10.9. The first-order valence-electron chi connectivity index (χ1n) is 4.73. The van der Waals surface area contributed by atoms with Crippen LogP contribution in [0.25, 0.3) is 0 Å². The van der Waals surface area contributed by atoms with Crippen LogP contribution in [0.3, 0.4) is 0 Å². The molecule has 0 heterocycles. The van der Waals surface area contributed by atoms with Crippen molar-refractivity contribution in [2.24, 2.45) is 0 Å². The van der Waals surface area contributed by atoms with Gasteiger partial charge in [-0.05, 0) is 18.6 Å². The Balaban J connectivity index is 2.99. The third-order valence-corrected chi connectivity index (χ3v) is 1.88. The summed E-state index contributed by atoms with van der Waals surface area (Å²) in [7, 11) is 1.53. The second-order valence-electron chi connectivity index (χ2n) is 3.02. The summed E-state index contributed by atoms with van der Waals surface area (Å²) >= 11 is 0. The smallest absolute Gasteiger partial charge is 0.339 e. The van der Waals surface area contributed by atoms with Gasteiger partial charge in [-0.1, -0.05) is 6.92 Å². The molecule has 1 rings (SSSR count). The highest BCUT2D eigenvalue weighted by atomic mass is 16.5. The van der Waals surface area contributed by atoms with Gasteiger partial charge in [0.15, 0.2) is 0 Å². The Hall–Kier alpha value is -1.71. The highest BCUT2D eigenvalue weighted by Gasteiger charge is 2.11. The molecule has 4 heteroatoms. The highest BCUT2D eigenvalue weighted by molar-refractivity contribution is 5.91. The van der Waals surface area contributed by atoms with Crippen molar-refractivity contribution in [3.8, 4) is 11.5 Å². The first kappa shape index (κ1) is 11.4. The predicted molar refractivity (Wildman–Crippen MR) is 55.7 cm³/mol. The molecule has 0 aliphatic rings. The van der Waals surface area contributed by atoms with Gasteiger partial charge in [0, 0.05) is 6.07 Å². The van der Waals surface area contributed by atoms with Crippen LogP contribution in [0, 0.1) is 0 Å². The summed E-state index contributed by atoms with van der Waals surface area (Å²) < 4.78 is 10.3. The van der Waals surface area contributed by atoms with Crippen LogP contribution in [0.15, 0.2) is 18.2 Å². The molecule has 0 bridgehead atoms. The van der Waals surface area contributed by atoms with E-state index in [0.717, 1.165) is 6.42 Å². The summed E-state index contributed by atoms with van der Waals surface area (Å²) in [5.74, 6) is -0.0569. The summed E-state index contributed by atoms with van der Waals surface area (Å²) in [5, 5.41) is 8.91. The van der Waals surface area contributed by atoms with E-state index >= 15 is 0 Å². The Morgan fingerprint density at radius 2 is 2.20 bits per heavy atom. The average molecular weight is 210 g/mol. The number of ether oxygens (including phenoxy) is 2. The van der Waals surface area contributed by atoms with Gasteiger partial charge in [-0.15, -0.1) is 0 Å². The Morgan fingerprint density at radius 3 is 2.73 bits per heavy atom. The highest BCUT2D eigenvalue weighted by Crippen LogP contribution is 2.24. The molecule has 4 nitrogen and oxygen atoms in total. The van der Waals surface area contributed by atoms with E-state index in [-0.39, 0.29) is 5.56 Å². The van der Waals surface area contributed by atoms with Crippen LogP contribution in [0.2, 0.25) is 0 Å². The fourth-order valence-corrected chi connectivity index (χ4v) is 1.14. The third kappa shape index (κ3) is 2.87. The lowest BCUT2D eigenvalue weighted by molar-refractivity contribution is 0.0692. The quantitative estimate of drug-likeness (QED) is 0.809. The molecule has 82 valence electrons. The normalized spacial score (nSPS) is 9.73. The van der Waals surface area contributed by atoms with Gasteiger partial charge in [-0.3, -0.25) is 0 Å². The number of carboxylic acid groups (broad SMARTS) is 1. The number of carboxylic acids is 1. The molecule has 0 spiro atoms. The van der Waals surface area contributed by atoms with E-state index < -0.39 is 5.97 Å². The molecule has 0 unspecified atom stereocenters. The Morgan fingerprint density at radius 1 is 1.47 bits per heavy atom. The van der Waals surface area contributed by atoms with E-state index in [9.17, 15) is 4.79 Å². The average Bonchev–Trinajstić information content (AvgIpc) is 2.25. The Labute approximate surface area is 88.4 Å². The zero-order valence-corrected chi connectivity index (χ0v) is 8.82. The lowest BCUT2D eigenvalue weighted by Gasteiger charge is -2.09. The van der Waals surface area contributed by atoms with Crippen molar-refractivity contribution < 1.29 is 19.4 Å². The molecular weight excluding hydrogens is 196 g/mol. The topological polar surface area (TPSA) is 55.8 Å². The summed E-state index contributed by atoms with van der Waals surface area (Å²) in [5.41, 5.74) is 0.157. The number of aromatic carboxylic acids is 1. The predicted octanol–water partition coefficient (Wildman–Crippen LogP) is 2.18. The molecule has 0 saturated carbocycles. The molecule has 0 aliphatic carbocycles. The first-order chi connectivity index (χ1) is 7.19. The summed E-state index contributed by atoms with van der Waals surface area (Å²) in [6, 6.07) is 4.66. The molecular formula is C11H14O4. The lowest BCUT2D eigenvalue weighted by atomic mass is 10.2. The fraction of sp³-hybridized carbons (Fsp3) is 0.364. The van der Waals surface area contributed by atoms with E-state index in [1.165, 1.54) is 13.2 Å². The first-order valence-corrected chi connectivity index (χ1v) is 4.73. The van der Waals surface area contributed by atoms with Crippen LogP contribution in [0.5, 0.6) is 11.5 Å². The maximum absolute atomic E-state index is 10.9. The van der Waals surface area contributed by atoms with Gasteiger partial charge in [0.1, 0.15) is 17.1 Å². The molecule has 0 atom stereocenters. The van der Waals surface area contributed by atoms with Gasteiger partial charge in [-0.2, -0.15) is 0 Å². The van der Waals surface area contributed by atoms with Crippen LogP contribution in [-0.4, -0.2) is 24.8 Å². The van der Waals surface area contributed by atoms with Crippen molar-refractivity contribution in [2.75, 3.05) is 13.7 Å². The Kier molecular flexibility index (Phi) is 3.97. The minimum absolute atomic E-state index is 0.157. The van der Waals surface area contributed by atoms with E-state index in [1.54, 1.807) is 12.1 Å². The van der Waals surface area contributed by atoms with Gasteiger partial charge in [-0.25, -0.2) is 4.79 Å². The number of carbonyl (C=O) groups is 1. The van der Waals surface area contributed by atoms with Crippen molar-refractivity contribution in [3.05, 3.63) is 23.8 Å². The SMILES string of the molecule is CCCOc1cc(OC)ccc1C(=O)O. The van der Waals surface area contributed by atoms with E-state index in [4.69, 9.17) is 14.6 Å². The van der Waals surface area contributed by atoms with Crippen molar-refractivity contribution >= 4 is 5.97 Å². The van der Waals surface area contributed by atoms with Crippen molar-refractivity contribution in [2.45, 2.75) is 13.3 Å². The number of hydrogen-bond donors (Lipinski definition) is 1. The van der Waals surface area contributed by atoms with Crippen LogP contribution < -0.4 is 9.47 Å². The molecule has 1 N–H and O–H groups in total. The van der Waals surface area contributed by atoms with E-state index in [2.05, 4.69) is 0 Å². The molecule has 15 heavy (non-hydrogen) atoms. The van der Waals surface area contributed by atoms with Crippen LogP contribution in [0.1, 0.15) is 23.7 Å². The number of methoxy groups -OCH3 is 1. The third-order valence-electron chi connectivity index (χ3n) is 1.88. The zero-order valence-electron chi connectivity index (χ0n) is 8.82. The van der Waals surface area contributed by atoms with Crippen molar-refractivity contribution in [1.82, 2.24) is 0 Å². The van der Waals surface area contributed by atoms with E-state index in [0.29, 0.717) is 18.1 Å². The van der Waals surface area contributed by atoms with Crippen LogP contribution in [0.4, 0.5) is 0 Å². The van der Waals surface area contributed by atoms with Gasteiger partial charge in [0.05, 0.1) is 13.7 Å².